The Morgan fingerprint density at radius 1 is 1.18 bits per heavy atom. The predicted molar refractivity (Wildman–Crippen MR) is 96.1 cm³/mol. The van der Waals surface area contributed by atoms with Crippen LogP contribution in [-0.2, 0) is 16.0 Å². The number of halogens is 3. The van der Waals surface area contributed by atoms with E-state index in [1.54, 1.807) is 13.8 Å². The van der Waals surface area contributed by atoms with Crippen LogP contribution < -0.4 is 5.32 Å². The smallest absolute Gasteiger partial charge is 0.244 e. The average Bonchev–Trinajstić information content (AvgIpc) is 2.97. The van der Waals surface area contributed by atoms with Crippen molar-refractivity contribution in [1.29, 1.82) is 0 Å². The van der Waals surface area contributed by atoms with Crippen LogP contribution in [0.25, 0.3) is 0 Å². The summed E-state index contributed by atoms with van der Waals surface area (Å²) in [5.41, 5.74) is 1.07. The van der Waals surface area contributed by atoms with E-state index in [4.69, 9.17) is 4.52 Å². The van der Waals surface area contributed by atoms with E-state index in [0.29, 0.717) is 36.9 Å². The number of nitrogens with zero attached hydrogens (tertiary/aromatic N) is 2. The van der Waals surface area contributed by atoms with Crippen LogP contribution in [-0.4, -0.2) is 35.0 Å². The predicted octanol–water partition coefficient (Wildman–Crippen LogP) is 3.52. The van der Waals surface area contributed by atoms with Crippen molar-refractivity contribution in [3.05, 3.63) is 46.6 Å². The molecule has 1 aromatic carbocycles. The van der Waals surface area contributed by atoms with Crippen molar-refractivity contribution in [3.63, 3.8) is 0 Å². The molecule has 0 atom stereocenters. The van der Waals surface area contributed by atoms with E-state index in [1.165, 1.54) is 4.90 Å². The molecule has 0 unspecified atom stereocenters. The normalized spacial score (nSPS) is 10.8. The summed E-state index contributed by atoms with van der Waals surface area (Å²) in [4.78, 5) is 26.0. The van der Waals surface area contributed by atoms with Gasteiger partial charge in [0.25, 0.3) is 0 Å². The van der Waals surface area contributed by atoms with Crippen LogP contribution in [0.15, 0.2) is 16.7 Å². The summed E-state index contributed by atoms with van der Waals surface area (Å²) >= 11 is 0. The maximum absolute atomic E-state index is 13.7. The topological polar surface area (TPSA) is 75.4 Å². The second-order valence-corrected chi connectivity index (χ2v) is 6.39. The molecule has 0 saturated carbocycles. The zero-order valence-electron chi connectivity index (χ0n) is 15.9. The highest BCUT2D eigenvalue weighted by Crippen LogP contribution is 2.20. The highest BCUT2D eigenvalue weighted by atomic mass is 19.2. The highest BCUT2D eigenvalue weighted by molar-refractivity contribution is 5.94. The van der Waals surface area contributed by atoms with Crippen molar-refractivity contribution >= 4 is 17.5 Å². The van der Waals surface area contributed by atoms with Crippen molar-refractivity contribution in [2.24, 2.45) is 0 Å². The lowest BCUT2D eigenvalue weighted by molar-refractivity contribution is -0.134. The lowest BCUT2D eigenvalue weighted by Gasteiger charge is -2.21. The molecule has 152 valence electrons. The van der Waals surface area contributed by atoms with Gasteiger partial charge in [-0.05, 0) is 38.8 Å². The number of hydrogen-bond donors (Lipinski definition) is 1. The van der Waals surface area contributed by atoms with Gasteiger partial charge in [-0.25, -0.2) is 13.2 Å². The van der Waals surface area contributed by atoms with E-state index in [0.717, 1.165) is 11.6 Å². The Hall–Kier alpha value is -2.84. The van der Waals surface area contributed by atoms with Crippen LogP contribution in [0.3, 0.4) is 0 Å². The van der Waals surface area contributed by atoms with Crippen LogP contribution in [0.2, 0.25) is 0 Å². The molecule has 0 aliphatic rings. The molecule has 0 aliphatic heterocycles. The molecular weight excluding hydrogens is 375 g/mol. The largest absolute Gasteiger partial charge is 0.361 e. The van der Waals surface area contributed by atoms with Crippen molar-refractivity contribution in [2.45, 2.75) is 40.0 Å². The number of nitrogens with one attached hydrogen (secondary N) is 1. The van der Waals surface area contributed by atoms with E-state index in [9.17, 15) is 22.8 Å². The van der Waals surface area contributed by atoms with E-state index in [-0.39, 0.29) is 18.9 Å². The Balaban J connectivity index is 2.00. The number of benzene rings is 1. The second kappa shape index (κ2) is 9.38. The number of hydrogen-bond acceptors (Lipinski definition) is 4. The molecule has 0 fully saturated rings. The highest BCUT2D eigenvalue weighted by Gasteiger charge is 2.20. The van der Waals surface area contributed by atoms with Crippen LogP contribution in [0.4, 0.5) is 18.9 Å². The minimum atomic E-state index is -1.67. The standard InChI is InChI=1S/C19H22F3N3O3/c1-4-9-25(17(27)8-5-13-11(2)24-28-12(13)3)10-16(26)23-15-7-6-14(20)18(21)19(15)22/h6-7H,4-5,8-10H2,1-3H3,(H,23,26). The number of carbonyl (C=O) groups is 2. The van der Waals surface area contributed by atoms with E-state index in [1.807, 2.05) is 6.92 Å². The van der Waals surface area contributed by atoms with Crippen LogP contribution in [0, 0.1) is 31.3 Å². The lowest BCUT2D eigenvalue weighted by Crippen LogP contribution is -2.38. The Bertz CT molecular complexity index is 848. The third-order valence-corrected chi connectivity index (χ3v) is 4.26. The number of carbonyl (C=O) groups excluding carboxylic acids is 2. The molecule has 9 heteroatoms. The molecule has 1 aromatic heterocycles. The number of aryl methyl sites for hydroxylation is 2. The van der Waals surface area contributed by atoms with Gasteiger partial charge in [0.05, 0.1) is 17.9 Å². The van der Waals surface area contributed by atoms with Gasteiger partial charge in [0.1, 0.15) is 5.76 Å². The quantitative estimate of drug-likeness (QED) is 0.692. The first-order valence-electron chi connectivity index (χ1n) is 8.87. The Morgan fingerprint density at radius 2 is 1.89 bits per heavy atom. The van der Waals surface area contributed by atoms with Gasteiger partial charge in [0.15, 0.2) is 17.5 Å². The maximum Gasteiger partial charge on any atom is 0.244 e. The van der Waals surface area contributed by atoms with Gasteiger partial charge in [-0.2, -0.15) is 0 Å². The summed E-state index contributed by atoms with van der Waals surface area (Å²) in [6.07, 6.45) is 1.18. The third-order valence-electron chi connectivity index (χ3n) is 4.26. The van der Waals surface area contributed by atoms with Gasteiger partial charge in [0, 0.05) is 18.5 Å². The first-order valence-corrected chi connectivity index (χ1v) is 8.87. The minimum absolute atomic E-state index is 0.149. The van der Waals surface area contributed by atoms with Gasteiger partial charge >= 0.3 is 0 Å². The number of anilines is 1. The second-order valence-electron chi connectivity index (χ2n) is 6.39. The fourth-order valence-corrected chi connectivity index (χ4v) is 2.80. The summed E-state index contributed by atoms with van der Waals surface area (Å²) in [7, 11) is 0. The number of amides is 2. The lowest BCUT2D eigenvalue weighted by atomic mass is 10.1. The summed E-state index contributed by atoms with van der Waals surface area (Å²) in [5.74, 6) is -4.83. The van der Waals surface area contributed by atoms with Gasteiger partial charge in [0.2, 0.25) is 11.8 Å². The molecule has 2 rings (SSSR count). The summed E-state index contributed by atoms with van der Waals surface area (Å²) in [6, 6.07) is 1.64. The first-order chi connectivity index (χ1) is 13.2. The summed E-state index contributed by atoms with van der Waals surface area (Å²) < 4.78 is 45.0. The number of aromatic nitrogens is 1. The fourth-order valence-electron chi connectivity index (χ4n) is 2.80. The molecular formula is C19H22F3N3O3. The van der Waals surface area contributed by atoms with Crippen molar-refractivity contribution in [3.8, 4) is 0 Å². The molecule has 1 N–H and O–H groups in total. The van der Waals surface area contributed by atoms with Crippen LogP contribution in [0.1, 0.15) is 36.8 Å². The Morgan fingerprint density at radius 3 is 2.50 bits per heavy atom. The van der Waals surface area contributed by atoms with E-state index < -0.39 is 29.0 Å². The molecule has 0 spiro atoms. The fraction of sp³-hybridized carbons (Fsp3) is 0.421. The van der Waals surface area contributed by atoms with Gasteiger partial charge < -0.3 is 14.7 Å². The molecule has 0 saturated heterocycles. The Labute approximate surface area is 160 Å². The van der Waals surface area contributed by atoms with Crippen molar-refractivity contribution < 1.29 is 27.3 Å². The molecule has 0 radical (unpaired) electrons. The van der Waals surface area contributed by atoms with E-state index >= 15 is 0 Å². The zero-order valence-corrected chi connectivity index (χ0v) is 15.9. The zero-order chi connectivity index (χ0) is 20.8. The van der Waals surface area contributed by atoms with Crippen molar-refractivity contribution in [1.82, 2.24) is 10.1 Å². The molecule has 2 amide bonds. The molecule has 6 nitrogen and oxygen atoms in total. The SMILES string of the molecule is CCCN(CC(=O)Nc1ccc(F)c(F)c1F)C(=O)CCc1c(C)noc1C. The molecule has 0 aliphatic carbocycles. The Kier molecular flexibility index (Phi) is 7.19. The monoisotopic (exact) mass is 397 g/mol. The molecule has 28 heavy (non-hydrogen) atoms. The minimum Gasteiger partial charge on any atom is -0.361 e. The molecule has 1 heterocycles. The van der Waals surface area contributed by atoms with E-state index in [2.05, 4.69) is 10.5 Å². The van der Waals surface area contributed by atoms with Gasteiger partial charge in [-0.1, -0.05) is 12.1 Å². The molecule has 2 aromatic rings. The van der Waals surface area contributed by atoms with Crippen molar-refractivity contribution in [2.75, 3.05) is 18.4 Å². The first kappa shape index (κ1) is 21.5. The number of rotatable bonds is 8. The average molecular weight is 397 g/mol. The maximum atomic E-state index is 13.7. The summed E-state index contributed by atoms with van der Waals surface area (Å²) in [5, 5.41) is 6.01. The van der Waals surface area contributed by atoms with Crippen LogP contribution in [0.5, 0.6) is 0 Å². The third kappa shape index (κ3) is 5.11. The van der Waals surface area contributed by atoms with Crippen LogP contribution >= 0.6 is 0 Å². The van der Waals surface area contributed by atoms with Gasteiger partial charge in [-0.3, -0.25) is 9.59 Å². The molecule has 0 bridgehead atoms. The summed E-state index contributed by atoms with van der Waals surface area (Å²) in [6.45, 7) is 5.39. The van der Waals surface area contributed by atoms with Gasteiger partial charge in [-0.15, -0.1) is 0 Å².